The summed E-state index contributed by atoms with van der Waals surface area (Å²) >= 11 is 0. The molecule has 0 amide bonds. The van der Waals surface area contributed by atoms with Crippen molar-refractivity contribution in [3.8, 4) is 0 Å². The second kappa shape index (κ2) is 6.58. The zero-order chi connectivity index (χ0) is 15.7. The number of hydrogen-bond donors (Lipinski definition) is 1. The molecule has 0 heterocycles. The van der Waals surface area contributed by atoms with E-state index in [-0.39, 0.29) is 0 Å². The molecule has 0 radical (unpaired) electrons. The van der Waals surface area contributed by atoms with Gasteiger partial charge < -0.3 is 10.1 Å². The van der Waals surface area contributed by atoms with Crippen molar-refractivity contribution < 1.29 is 4.74 Å². The third-order valence-electron chi connectivity index (χ3n) is 5.61. The molecule has 0 aromatic rings. The summed E-state index contributed by atoms with van der Waals surface area (Å²) in [6, 6.07) is 0.526. The normalized spacial score (nSPS) is 38.6. The Hall–Kier alpha value is -0.0800. The fourth-order valence-electron chi connectivity index (χ4n) is 4.80. The van der Waals surface area contributed by atoms with Crippen LogP contribution < -0.4 is 5.32 Å². The quantitative estimate of drug-likeness (QED) is 0.788. The maximum Gasteiger partial charge on any atom is 0.0737 e. The fraction of sp³-hybridized carbons (Fsp3) is 1.00. The van der Waals surface area contributed by atoms with Crippen LogP contribution in [0.1, 0.15) is 80.1 Å². The van der Waals surface area contributed by atoms with Gasteiger partial charge in [-0.2, -0.15) is 0 Å². The summed E-state index contributed by atoms with van der Waals surface area (Å²) in [6.45, 7) is 15.4. The van der Waals surface area contributed by atoms with E-state index in [9.17, 15) is 0 Å². The van der Waals surface area contributed by atoms with Gasteiger partial charge in [-0.25, -0.2) is 0 Å². The molecule has 2 fully saturated rings. The molecule has 0 aromatic heterocycles. The molecule has 2 rings (SSSR count). The van der Waals surface area contributed by atoms with E-state index in [0.29, 0.717) is 29.1 Å². The highest BCUT2D eigenvalue weighted by molar-refractivity contribution is 4.98. The van der Waals surface area contributed by atoms with Gasteiger partial charge in [-0.1, -0.05) is 41.5 Å². The van der Waals surface area contributed by atoms with Gasteiger partial charge in [0.2, 0.25) is 0 Å². The van der Waals surface area contributed by atoms with Crippen LogP contribution in [-0.2, 0) is 4.74 Å². The highest BCUT2D eigenvalue weighted by atomic mass is 16.5. The standard InChI is InChI=1S/C19H37NO/c1-7-10-20-17-16(8-9-19(17,5)6)21-15-11-14(2)12-18(3,4)13-15/h14-17,20H,7-13H2,1-6H3. The SMILES string of the molecule is CCCNC1C(OC2CC(C)CC(C)(C)C2)CCC1(C)C. The van der Waals surface area contributed by atoms with E-state index in [1.807, 2.05) is 0 Å². The Bertz CT molecular complexity index is 336. The monoisotopic (exact) mass is 295 g/mol. The molecule has 0 aromatic carbocycles. The number of hydrogen-bond acceptors (Lipinski definition) is 2. The van der Waals surface area contributed by atoms with E-state index in [1.165, 1.54) is 38.5 Å². The van der Waals surface area contributed by atoms with Crippen LogP contribution in [-0.4, -0.2) is 24.8 Å². The Balaban J connectivity index is 1.97. The Morgan fingerprint density at radius 3 is 2.48 bits per heavy atom. The van der Waals surface area contributed by atoms with Gasteiger partial charge in [0.05, 0.1) is 12.2 Å². The molecule has 124 valence electrons. The summed E-state index contributed by atoms with van der Waals surface area (Å²) in [7, 11) is 0. The Labute approximate surface area is 132 Å². The van der Waals surface area contributed by atoms with Crippen molar-refractivity contribution in [1.29, 1.82) is 0 Å². The first kappa shape index (κ1) is 17.3. The molecule has 2 aliphatic rings. The second-order valence-corrected chi connectivity index (χ2v) is 9.17. The van der Waals surface area contributed by atoms with Gasteiger partial charge in [-0.15, -0.1) is 0 Å². The molecule has 0 aliphatic heterocycles. The van der Waals surface area contributed by atoms with Gasteiger partial charge in [0.1, 0.15) is 0 Å². The third kappa shape index (κ3) is 4.45. The molecule has 4 unspecified atom stereocenters. The summed E-state index contributed by atoms with van der Waals surface area (Å²) in [5.74, 6) is 0.801. The summed E-state index contributed by atoms with van der Waals surface area (Å²) in [5, 5.41) is 3.77. The van der Waals surface area contributed by atoms with Gasteiger partial charge in [0.25, 0.3) is 0 Å². The van der Waals surface area contributed by atoms with Gasteiger partial charge in [0, 0.05) is 6.04 Å². The average Bonchev–Trinajstić information content (AvgIpc) is 2.59. The van der Waals surface area contributed by atoms with Crippen molar-refractivity contribution in [2.24, 2.45) is 16.7 Å². The molecule has 4 atom stereocenters. The molecule has 21 heavy (non-hydrogen) atoms. The van der Waals surface area contributed by atoms with Crippen LogP contribution in [0.5, 0.6) is 0 Å². The Morgan fingerprint density at radius 1 is 1.14 bits per heavy atom. The lowest BCUT2D eigenvalue weighted by Crippen LogP contribution is -2.47. The largest absolute Gasteiger partial charge is 0.373 e. The first-order valence-corrected chi connectivity index (χ1v) is 9.12. The molecule has 0 spiro atoms. The van der Waals surface area contributed by atoms with Gasteiger partial charge in [-0.3, -0.25) is 0 Å². The molecule has 0 saturated heterocycles. The topological polar surface area (TPSA) is 21.3 Å². The van der Waals surface area contributed by atoms with E-state index in [0.717, 1.165) is 12.5 Å². The van der Waals surface area contributed by atoms with Crippen LogP contribution >= 0.6 is 0 Å². The van der Waals surface area contributed by atoms with Crippen molar-refractivity contribution in [3.05, 3.63) is 0 Å². The Morgan fingerprint density at radius 2 is 1.86 bits per heavy atom. The predicted molar refractivity (Wildman–Crippen MR) is 90.6 cm³/mol. The predicted octanol–water partition coefficient (Wildman–Crippen LogP) is 4.77. The summed E-state index contributed by atoms with van der Waals surface area (Å²) in [5.41, 5.74) is 0.818. The molecule has 2 saturated carbocycles. The van der Waals surface area contributed by atoms with Crippen molar-refractivity contribution >= 4 is 0 Å². The van der Waals surface area contributed by atoms with Crippen LogP contribution in [0, 0.1) is 16.7 Å². The van der Waals surface area contributed by atoms with Crippen molar-refractivity contribution in [2.75, 3.05) is 6.54 Å². The third-order valence-corrected chi connectivity index (χ3v) is 5.61. The summed E-state index contributed by atoms with van der Waals surface area (Å²) < 4.78 is 6.64. The highest BCUT2D eigenvalue weighted by Crippen LogP contribution is 2.44. The van der Waals surface area contributed by atoms with Crippen molar-refractivity contribution in [3.63, 3.8) is 0 Å². The van der Waals surface area contributed by atoms with E-state index in [1.54, 1.807) is 0 Å². The van der Waals surface area contributed by atoms with Crippen molar-refractivity contribution in [1.82, 2.24) is 5.32 Å². The number of ether oxygens (including phenoxy) is 1. The molecular weight excluding hydrogens is 258 g/mol. The summed E-state index contributed by atoms with van der Waals surface area (Å²) in [4.78, 5) is 0. The smallest absolute Gasteiger partial charge is 0.0737 e. The van der Waals surface area contributed by atoms with Crippen molar-refractivity contribution in [2.45, 2.75) is 98.3 Å². The minimum atomic E-state index is 0.371. The van der Waals surface area contributed by atoms with E-state index in [4.69, 9.17) is 4.74 Å². The summed E-state index contributed by atoms with van der Waals surface area (Å²) in [6.07, 6.45) is 8.42. The lowest BCUT2D eigenvalue weighted by Gasteiger charge is -2.41. The van der Waals surface area contributed by atoms with Crippen LogP contribution in [0.4, 0.5) is 0 Å². The molecular formula is C19H37NO. The number of nitrogens with one attached hydrogen (secondary N) is 1. The maximum absolute atomic E-state index is 6.64. The molecule has 0 bridgehead atoms. The van der Waals surface area contributed by atoms with Gasteiger partial charge >= 0.3 is 0 Å². The van der Waals surface area contributed by atoms with Gasteiger partial charge in [0.15, 0.2) is 0 Å². The zero-order valence-corrected chi connectivity index (χ0v) is 15.2. The first-order chi connectivity index (χ1) is 9.73. The molecule has 1 N–H and O–H groups in total. The lowest BCUT2D eigenvalue weighted by molar-refractivity contribution is -0.0757. The van der Waals surface area contributed by atoms with Gasteiger partial charge in [-0.05, 0) is 61.8 Å². The molecule has 2 aliphatic carbocycles. The van der Waals surface area contributed by atoms with Crippen LogP contribution in [0.25, 0.3) is 0 Å². The second-order valence-electron chi connectivity index (χ2n) is 9.17. The Kier molecular flexibility index (Phi) is 5.41. The first-order valence-electron chi connectivity index (χ1n) is 9.12. The minimum Gasteiger partial charge on any atom is -0.373 e. The zero-order valence-electron chi connectivity index (χ0n) is 15.2. The minimum absolute atomic E-state index is 0.371. The maximum atomic E-state index is 6.64. The van der Waals surface area contributed by atoms with E-state index >= 15 is 0 Å². The fourth-order valence-corrected chi connectivity index (χ4v) is 4.80. The van der Waals surface area contributed by atoms with E-state index in [2.05, 4.69) is 46.9 Å². The lowest BCUT2D eigenvalue weighted by atomic mass is 9.71. The molecule has 2 heteroatoms. The average molecular weight is 296 g/mol. The van der Waals surface area contributed by atoms with Crippen LogP contribution in [0.2, 0.25) is 0 Å². The van der Waals surface area contributed by atoms with Crippen LogP contribution in [0.3, 0.4) is 0 Å². The number of rotatable bonds is 5. The molecule has 2 nitrogen and oxygen atoms in total. The van der Waals surface area contributed by atoms with Crippen LogP contribution in [0.15, 0.2) is 0 Å². The highest BCUT2D eigenvalue weighted by Gasteiger charge is 2.44. The van der Waals surface area contributed by atoms with E-state index < -0.39 is 0 Å².